The number of carbonyl (C=O) groups is 2. The van der Waals surface area contributed by atoms with Gasteiger partial charge in [0.1, 0.15) is 0 Å². The molecule has 21 heavy (non-hydrogen) atoms. The number of halogens is 3. The van der Waals surface area contributed by atoms with Crippen molar-refractivity contribution in [2.45, 2.75) is 49.4 Å². The van der Waals surface area contributed by atoms with Gasteiger partial charge in [-0.05, 0) is 55.8 Å². The Labute approximate surface area is 126 Å². The van der Waals surface area contributed by atoms with E-state index in [1.807, 2.05) is 0 Å². The van der Waals surface area contributed by atoms with Crippen LogP contribution in [0.15, 0.2) is 0 Å². The van der Waals surface area contributed by atoms with Crippen LogP contribution < -0.4 is 0 Å². The topological polar surface area (TPSA) is 43.4 Å². The number of esters is 2. The summed E-state index contributed by atoms with van der Waals surface area (Å²) in [7, 11) is 0. The summed E-state index contributed by atoms with van der Waals surface area (Å²) in [5, 5.41) is 0. The van der Waals surface area contributed by atoms with Crippen molar-refractivity contribution in [1.29, 1.82) is 0 Å². The average molecular weight is 322 g/mol. The number of carbonyl (C=O) groups excluding carboxylic acids is 2. The largest absolute Gasteiger partial charge is 0.491 e. The van der Waals surface area contributed by atoms with Crippen LogP contribution in [-0.4, -0.2) is 22.9 Å². The lowest BCUT2D eigenvalue weighted by Crippen LogP contribution is -2.55. The maximum Gasteiger partial charge on any atom is 0.491 e. The van der Waals surface area contributed by atoms with E-state index in [9.17, 15) is 22.8 Å². The smallest absolute Gasteiger partial charge is 0.386 e. The number of rotatable bonds is 2. The van der Waals surface area contributed by atoms with E-state index in [1.165, 1.54) is 6.42 Å². The lowest BCUT2D eigenvalue weighted by molar-refractivity contribution is -0.202. The zero-order chi connectivity index (χ0) is 15.4. The maximum atomic E-state index is 12.1. The van der Waals surface area contributed by atoms with Crippen LogP contribution >= 0.6 is 12.6 Å². The van der Waals surface area contributed by atoms with E-state index in [-0.39, 0.29) is 18.3 Å². The van der Waals surface area contributed by atoms with Gasteiger partial charge in [-0.15, -0.1) is 0 Å². The molecule has 0 radical (unpaired) electrons. The fourth-order valence-corrected chi connectivity index (χ4v) is 5.27. The van der Waals surface area contributed by atoms with Crippen LogP contribution in [0.5, 0.6) is 0 Å². The molecule has 0 spiro atoms. The second kappa shape index (κ2) is 4.89. The second-order valence-corrected chi connectivity index (χ2v) is 7.56. The number of thiol groups is 1. The number of hydrogen-bond donors (Lipinski definition) is 1. The lowest BCUT2D eigenvalue weighted by Gasteiger charge is -2.59. The molecule has 4 rings (SSSR count). The monoisotopic (exact) mass is 322 g/mol. The standard InChI is InChI=1S/C14H17F3O3S/c15-14(16,17)12(19)20-11(18)6-13(21)9-2-7-1-8(4-9)5-10(13)3-7/h7-10,21H,1-6H2. The van der Waals surface area contributed by atoms with E-state index in [0.29, 0.717) is 11.8 Å². The predicted molar refractivity (Wildman–Crippen MR) is 70.5 cm³/mol. The molecule has 0 aromatic rings. The van der Waals surface area contributed by atoms with Crippen LogP contribution in [0.25, 0.3) is 0 Å². The highest BCUT2D eigenvalue weighted by Gasteiger charge is 2.56. The molecule has 4 aliphatic rings. The van der Waals surface area contributed by atoms with Gasteiger partial charge in [-0.3, -0.25) is 4.79 Å². The van der Waals surface area contributed by atoms with Crippen molar-refractivity contribution in [3.05, 3.63) is 0 Å². The number of alkyl halides is 3. The summed E-state index contributed by atoms with van der Waals surface area (Å²) in [6.45, 7) is 0. The highest BCUT2D eigenvalue weighted by molar-refractivity contribution is 7.81. The van der Waals surface area contributed by atoms with Crippen molar-refractivity contribution in [3.63, 3.8) is 0 Å². The van der Waals surface area contributed by atoms with Gasteiger partial charge in [-0.25, -0.2) is 4.79 Å². The first-order valence-corrected chi connectivity index (χ1v) is 7.67. The third-order valence-electron chi connectivity index (χ3n) is 5.42. The van der Waals surface area contributed by atoms with Gasteiger partial charge in [-0.2, -0.15) is 25.8 Å². The molecular weight excluding hydrogens is 305 g/mol. The van der Waals surface area contributed by atoms with Gasteiger partial charge in [0, 0.05) is 4.75 Å². The van der Waals surface area contributed by atoms with E-state index in [2.05, 4.69) is 17.4 Å². The summed E-state index contributed by atoms with van der Waals surface area (Å²) in [6, 6.07) is 0. The molecule has 0 heterocycles. The molecule has 4 fully saturated rings. The van der Waals surface area contributed by atoms with E-state index >= 15 is 0 Å². The zero-order valence-corrected chi connectivity index (χ0v) is 12.3. The minimum Gasteiger partial charge on any atom is -0.386 e. The Hall–Kier alpha value is -0.720. The molecule has 0 aliphatic heterocycles. The predicted octanol–water partition coefficient (Wildman–Crippen LogP) is 3.13. The van der Waals surface area contributed by atoms with Gasteiger partial charge in [0.25, 0.3) is 0 Å². The molecule has 0 amide bonds. The van der Waals surface area contributed by atoms with E-state index in [1.54, 1.807) is 0 Å². The summed E-state index contributed by atoms with van der Waals surface area (Å²) in [6.07, 6.45) is -0.188. The molecule has 0 aromatic heterocycles. The third-order valence-corrected chi connectivity index (χ3v) is 6.31. The van der Waals surface area contributed by atoms with Crippen molar-refractivity contribution in [1.82, 2.24) is 0 Å². The van der Waals surface area contributed by atoms with Crippen molar-refractivity contribution in [2.24, 2.45) is 23.7 Å². The minimum atomic E-state index is -5.14. The van der Waals surface area contributed by atoms with Crippen molar-refractivity contribution in [3.8, 4) is 0 Å². The molecule has 4 aliphatic carbocycles. The Bertz CT molecular complexity index is 447. The van der Waals surface area contributed by atoms with Crippen molar-refractivity contribution < 1.29 is 27.5 Å². The minimum absolute atomic E-state index is 0.216. The summed E-state index contributed by atoms with van der Waals surface area (Å²) in [4.78, 5) is 22.4. The Morgan fingerprint density at radius 2 is 1.52 bits per heavy atom. The molecule has 0 aromatic carbocycles. The number of hydrogen-bond acceptors (Lipinski definition) is 4. The van der Waals surface area contributed by atoms with E-state index < -0.39 is 22.9 Å². The fourth-order valence-electron chi connectivity index (χ4n) is 4.72. The lowest BCUT2D eigenvalue weighted by atomic mass is 9.51. The van der Waals surface area contributed by atoms with Gasteiger partial charge >= 0.3 is 18.1 Å². The summed E-state index contributed by atoms with van der Waals surface area (Å²) >= 11 is 4.67. The summed E-state index contributed by atoms with van der Waals surface area (Å²) in [5.41, 5.74) is 0. The maximum absolute atomic E-state index is 12.1. The van der Waals surface area contributed by atoms with Crippen LogP contribution in [0.2, 0.25) is 0 Å². The van der Waals surface area contributed by atoms with Crippen LogP contribution in [-0.2, 0) is 14.3 Å². The molecule has 0 saturated heterocycles. The molecule has 0 unspecified atom stereocenters. The molecule has 118 valence electrons. The molecular formula is C14H17F3O3S. The first kappa shape index (κ1) is 15.2. The van der Waals surface area contributed by atoms with Crippen LogP contribution in [0.1, 0.15) is 38.5 Å². The Morgan fingerprint density at radius 3 is 1.95 bits per heavy atom. The van der Waals surface area contributed by atoms with Crippen molar-refractivity contribution in [2.75, 3.05) is 0 Å². The Balaban J connectivity index is 1.67. The van der Waals surface area contributed by atoms with Gasteiger partial charge < -0.3 is 4.74 Å². The van der Waals surface area contributed by atoms with Gasteiger partial charge in [0.15, 0.2) is 0 Å². The second-order valence-electron chi connectivity index (χ2n) is 6.73. The Kier molecular flexibility index (Phi) is 3.54. The number of ether oxygens (including phenoxy) is 1. The van der Waals surface area contributed by atoms with Crippen LogP contribution in [0, 0.1) is 23.7 Å². The average Bonchev–Trinajstić information content (AvgIpc) is 2.34. The van der Waals surface area contributed by atoms with E-state index in [4.69, 9.17) is 0 Å². The first-order valence-electron chi connectivity index (χ1n) is 7.22. The highest BCUT2D eigenvalue weighted by atomic mass is 32.1. The van der Waals surface area contributed by atoms with Crippen molar-refractivity contribution >= 4 is 24.6 Å². The van der Waals surface area contributed by atoms with Crippen LogP contribution in [0.3, 0.4) is 0 Å². The first-order chi connectivity index (χ1) is 9.68. The van der Waals surface area contributed by atoms with Gasteiger partial charge in [-0.1, -0.05) is 0 Å². The zero-order valence-electron chi connectivity index (χ0n) is 11.4. The fraction of sp³-hybridized carbons (Fsp3) is 0.857. The van der Waals surface area contributed by atoms with Gasteiger partial charge in [0.2, 0.25) is 0 Å². The third kappa shape index (κ3) is 2.69. The van der Waals surface area contributed by atoms with Gasteiger partial charge in [0.05, 0.1) is 6.42 Å². The molecule has 4 saturated carbocycles. The molecule has 0 atom stereocenters. The van der Waals surface area contributed by atoms with E-state index in [0.717, 1.165) is 25.7 Å². The molecule has 0 N–H and O–H groups in total. The molecule has 7 heteroatoms. The van der Waals surface area contributed by atoms with Crippen LogP contribution in [0.4, 0.5) is 13.2 Å². The normalized spacial score (nSPS) is 41.1. The highest BCUT2D eigenvalue weighted by Crippen LogP contribution is 2.61. The Morgan fingerprint density at radius 1 is 1.05 bits per heavy atom. The quantitative estimate of drug-likeness (QED) is 0.482. The summed E-state index contributed by atoms with van der Waals surface area (Å²) in [5.74, 6) is -1.73. The summed E-state index contributed by atoms with van der Waals surface area (Å²) < 4.78 is 39.7. The molecule has 3 nitrogen and oxygen atoms in total. The SMILES string of the molecule is O=C(CC1(S)C2CC3CC(C2)CC1C3)OC(=O)C(F)(F)F. The molecule has 4 bridgehead atoms.